The zero-order valence-electron chi connectivity index (χ0n) is 9.12. The van der Waals surface area contributed by atoms with Crippen LogP contribution in [0.15, 0.2) is 12.7 Å². The molecule has 16 heavy (non-hydrogen) atoms. The van der Waals surface area contributed by atoms with Gasteiger partial charge in [-0.1, -0.05) is 0 Å². The summed E-state index contributed by atoms with van der Waals surface area (Å²) in [6.07, 6.45) is 2.52. The molecule has 88 valence electrons. The van der Waals surface area contributed by atoms with Gasteiger partial charge in [0.05, 0.1) is 13.2 Å². The summed E-state index contributed by atoms with van der Waals surface area (Å²) in [7, 11) is 0. The van der Waals surface area contributed by atoms with Gasteiger partial charge in [-0.25, -0.2) is 9.59 Å². The van der Waals surface area contributed by atoms with Crippen molar-refractivity contribution in [3.63, 3.8) is 0 Å². The number of carbonyl (C=O) groups is 2. The van der Waals surface area contributed by atoms with E-state index < -0.39 is 18.0 Å². The average molecular weight is 227 g/mol. The zero-order chi connectivity index (χ0) is 12.0. The van der Waals surface area contributed by atoms with Gasteiger partial charge in [0.2, 0.25) is 6.04 Å². The number of hydrogen-bond donors (Lipinski definition) is 0. The Hall–Kier alpha value is -1.92. The summed E-state index contributed by atoms with van der Waals surface area (Å²) in [6.45, 7) is 3.70. The number of hydrogen-bond acceptors (Lipinski definition) is 6. The minimum absolute atomic E-state index is 0.191. The number of nitrogens with zero attached hydrogens (tertiary/aromatic N) is 3. The third-order valence-electron chi connectivity index (χ3n) is 1.75. The molecule has 0 spiro atoms. The van der Waals surface area contributed by atoms with Gasteiger partial charge in [0.1, 0.15) is 12.7 Å². The monoisotopic (exact) mass is 227 g/mol. The lowest BCUT2D eigenvalue weighted by molar-refractivity contribution is -0.160. The highest BCUT2D eigenvalue weighted by molar-refractivity contribution is 5.97. The van der Waals surface area contributed by atoms with Crippen molar-refractivity contribution in [1.29, 1.82) is 0 Å². The van der Waals surface area contributed by atoms with Crippen molar-refractivity contribution >= 4 is 11.9 Å². The molecule has 0 N–H and O–H groups in total. The molecule has 0 bridgehead atoms. The van der Waals surface area contributed by atoms with Gasteiger partial charge in [-0.05, 0) is 13.8 Å². The fourth-order valence-corrected chi connectivity index (χ4v) is 1.12. The third kappa shape index (κ3) is 2.78. The highest BCUT2D eigenvalue weighted by Crippen LogP contribution is 2.10. The summed E-state index contributed by atoms with van der Waals surface area (Å²) < 4.78 is 10.8. The molecule has 0 aliphatic rings. The molecule has 1 aromatic rings. The van der Waals surface area contributed by atoms with Crippen LogP contribution in [0, 0.1) is 0 Å². The molecule has 7 nitrogen and oxygen atoms in total. The van der Waals surface area contributed by atoms with E-state index in [-0.39, 0.29) is 13.2 Å². The molecular formula is C9H13N3O4. The van der Waals surface area contributed by atoms with E-state index in [9.17, 15) is 9.59 Å². The van der Waals surface area contributed by atoms with E-state index in [1.165, 1.54) is 17.2 Å². The Kier molecular flexibility index (Phi) is 4.43. The van der Waals surface area contributed by atoms with Gasteiger partial charge in [-0.2, -0.15) is 0 Å². The van der Waals surface area contributed by atoms with Crippen molar-refractivity contribution in [2.45, 2.75) is 19.9 Å². The lowest BCUT2D eigenvalue weighted by Gasteiger charge is -2.14. The summed E-state index contributed by atoms with van der Waals surface area (Å²) in [5.41, 5.74) is 0. The molecule has 1 rings (SSSR count). The Balaban J connectivity index is 2.85. The highest BCUT2D eigenvalue weighted by atomic mass is 16.6. The molecule has 0 radical (unpaired) electrons. The fraction of sp³-hybridized carbons (Fsp3) is 0.556. The van der Waals surface area contributed by atoms with Crippen molar-refractivity contribution in [2.24, 2.45) is 0 Å². The first kappa shape index (κ1) is 12.2. The molecule has 0 saturated carbocycles. The quantitative estimate of drug-likeness (QED) is 0.518. The lowest BCUT2D eigenvalue weighted by Crippen LogP contribution is -2.30. The molecule has 0 unspecified atom stereocenters. The van der Waals surface area contributed by atoms with Crippen LogP contribution in [0.25, 0.3) is 0 Å². The minimum atomic E-state index is -1.17. The average Bonchev–Trinajstić information content (AvgIpc) is 2.72. The standard InChI is InChI=1S/C9H13N3O4/c1-3-15-8(13)7(9(14)16-4-2)12-5-10-11-6-12/h5-7H,3-4H2,1-2H3. The van der Waals surface area contributed by atoms with E-state index in [2.05, 4.69) is 10.2 Å². The predicted molar refractivity (Wildman–Crippen MR) is 52.3 cm³/mol. The normalized spacial score (nSPS) is 10.2. The summed E-state index contributed by atoms with van der Waals surface area (Å²) >= 11 is 0. The molecule has 0 atom stereocenters. The molecule has 1 aromatic heterocycles. The van der Waals surface area contributed by atoms with E-state index in [4.69, 9.17) is 9.47 Å². The number of ether oxygens (including phenoxy) is 2. The molecule has 0 saturated heterocycles. The molecule has 0 amide bonds. The van der Waals surface area contributed by atoms with Crippen LogP contribution < -0.4 is 0 Å². The first-order chi connectivity index (χ1) is 7.70. The number of rotatable bonds is 5. The Morgan fingerprint density at radius 1 is 1.12 bits per heavy atom. The maximum Gasteiger partial charge on any atom is 0.341 e. The zero-order valence-corrected chi connectivity index (χ0v) is 9.12. The Bertz CT molecular complexity index is 332. The second-order valence-electron chi connectivity index (χ2n) is 2.82. The molecular weight excluding hydrogens is 214 g/mol. The first-order valence-electron chi connectivity index (χ1n) is 4.88. The SMILES string of the molecule is CCOC(=O)C(C(=O)OCC)n1cnnc1. The third-order valence-corrected chi connectivity index (χ3v) is 1.75. The van der Waals surface area contributed by atoms with Gasteiger partial charge in [-0.3, -0.25) is 4.57 Å². The van der Waals surface area contributed by atoms with Crippen molar-refractivity contribution in [3.8, 4) is 0 Å². The van der Waals surface area contributed by atoms with Crippen LogP contribution in [0.3, 0.4) is 0 Å². The van der Waals surface area contributed by atoms with Crippen molar-refractivity contribution in [2.75, 3.05) is 13.2 Å². The van der Waals surface area contributed by atoms with Crippen LogP contribution in [0.5, 0.6) is 0 Å². The van der Waals surface area contributed by atoms with Crippen LogP contribution >= 0.6 is 0 Å². The van der Waals surface area contributed by atoms with Gasteiger partial charge in [0.25, 0.3) is 0 Å². The molecule has 0 fully saturated rings. The first-order valence-corrected chi connectivity index (χ1v) is 4.88. The smallest absolute Gasteiger partial charge is 0.341 e. The number of esters is 2. The lowest BCUT2D eigenvalue weighted by atomic mass is 10.3. The molecule has 7 heteroatoms. The molecule has 0 aliphatic heterocycles. The van der Waals surface area contributed by atoms with Gasteiger partial charge >= 0.3 is 11.9 Å². The largest absolute Gasteiger partial charge is 0.464 e. The van der Waals surface area contributed by atoms with Gasteiger partial charge in [-0.15, -0.1) is 10.2 Å². The molecule has 1 heterocycles. The highest BCUT2D eigenvalue weighted by Gasteiger charge is 2.31. The Morgan fingerprint density at radius 3 is 1.94 bits per heavy atom. The topological polar surface area (TPSA) is 83.3 Å². The fourth-order valence-electron chi connectivity index (χ4n) is 1.12. The number of aromatic nitrogens is 3. The molecule has 0 aliphatic carbocycles. The Labute approximate surface area is 92.4 Å². The van der Waals surface area contributed by atoms with Crippen molar-refractivity contribution < 1.29 is 19.1 Å². The van der Waals surface area contributed by atoms with Gasteiger partial charge < -0.3 is 9.47 Å². The molecule has 0 aromatic carbocycles. The van der Waals surface area contributed by atoms with Crippen LogP contribution in [-0.4, -0.2) is 39.9 Å². The summed E-state index contributed by atoms with van der Waals surface area (Å²) in [5, 5.41) is 7.05. The van der Waals surface area contributed by atoms with Crippen molar-refractivity contribution in [3.05, 3.63) is 12.7 Å². The van der Waals surface area contributed by atoms with E-state index in [1.54, 1.807) is 13.8 Å². The summed E-state index contributed by atoms with van der Waals surface area (Å²) in [5.74, 6) is -1.36. The predicted octanol–water partition coefficient (Wildman–Crippen LogP) is -0.0546. The van der Waals surface area contributed by atoms with E-state index in [0.29, 0.717) is 0 Å². The second-order valence-corrected chi connectivity index (χ2v) is 2.82. The van der Waals surface area contributed by atoms with Gasteiger partial charge in [0, 0.05) is 0 Å². The minimum Gasteiger partial charge on any atom is -0.464 e. The maximum atomic E-state index is 11.6. The van der Waals surface area contributed by atoms with Gasteiger partial charge in [0.15, 0.2) is 0 Å². The number of carbonyl (C=O) groups excluding carboxylic acids is 2. The van der Waals surface area contributed by atoms with Crippen LogP contribution in [-0.2, 0) is 19.1 Å². The van der Waals surface area contributed by atoms with Crippen LogP contribution in [0.1, 0.15) is 19.9 Å². The van der Waals surface area contributed by atoms with Crippen LogP contribution in [0.4, 0.5) is 0 Å². The van der Waals surface area contributed by atoms with E-state index >= 15 is 0 Å². The Morgan fingerprint density at radius 2 is 1.56 bits per heavy atom. The second kappa shape index (κ2) is 5.84. The maximum absolute atomic E-state index is 11.6. The van der Waals surface area contributed by atoms with Crippen molar-refractivity contribution in [1.82, 2.24) is 14.8 Å². The van der Waals surface area contributed by atoms with Crippen LogP contribution in [0.2, 0.25) is 0 Å². The van der Waals surface area contributed by atoms with E-state index in [1.807, 2.05) is 0 Å². The summed E-state index contributed by atoms with van der Waals surface area (Å²) in [6, 6.07) is -1.17. The van der Waals surface area contributed by atoms with E-state index in [0.717, 1.165) is 0 Å². The summed E-state index contributed by atoms with van der Waals surface area (Å²) in [4.78, 5) is 23.1.